The van der Waals surface area contributed by atoms with Gasteiger partial charge in [0.25, 0.3) is 0 Å². The third-order valence-electron chi connectivity index (χ3n) is 6.48. The van der Waals surface area contributed by atoms with Crippen molar-refractivity contribution < 1.29 is 14.3 Å². The number of amides is 1. The lowest BCUT2D eigenvalue weighted by Crippen LogP contribution is -2.47. The molecule has 2 aliphatic rings. The van der Waals surface area contributed by atoms with Gasteiger partial charge in [-0.3, -0.25) is 4.79 Å². The largest absolute Gasteiger partial charge is 0.486 e. The molecule has 8 nitrogen and oxygen atoms in total. The molecule has 0 bridgehead atoms. The number of piperidine rings is 1. The number of ether oxygens (including phenoxy) is 2. The van der Waals surface area contributed by atoms with Crippen LogP contribution in [0.4, 0.5) is 5.69 Å². The van der Waals surface area contributed by atoms with Gasteiger partial charge in [-0.1, -0.05) is 0 Å². The van der Waals surface area contributed by atoms with Crippen LogP contribution >= 0.6 is 12.2 Å². The summed E-state index contributed by atoms with van der Waals surface area (Å²) in [6, 6.07) is 9.60. The number of nitrogens with zero attached hydrogens (tertiary/aromatic N) is 4. The molecule has 1 atom stereocenters. The van der Waals surface area contributed by atoms with Crippen molar-refractivity contribution in [1.29, 1.82) is 0 Å². The second-order valence-corrected chi connectivity index (χ2v) is 9.02. The molecule has 5 rings (SSSR count). The summed E-state index contributed by atoms with van der Waals surface area (Å²) in [6.07, 6.45) is 1.86. The number of aromatic nitrogens is 2. The van der Waals surface area contributed by atoms with Crippen LogP contribution in [0.15, 0.2) is 30.3 Å². The zero-order valence-corrected chi connectivity index (χ0v) is 20.4. The number of benzene rings is 2. The molecule has 0 unspecified atom stereocenters. The van der Waals surface area contributed by atoms with Crippen LogP contribution in [0.3, 0.4) is 0 Å². The van der Waals surface area contributed by atoms with E-state index in [1.807, 2.05) is 49.1 Å². The van der Waals surface area contributed by atoms with E-state index in [4.69, 9.17) is 31.7 Å². The summed E-state index contributed by atoms with van der Waals surface area (Å²) < 4.78 is 11.4. The zero-order valence-electron chi connectivity index (χ0n) is 19.5. The number of likely N-dealkylation sites (tertiary alicyclic amines) is 1. The van der Waals surface area contributed by atoms with Crippen molar-refractivity contribution in [3.63, 3.8) is 0 Å². The summed E-state index contributed by atoms with van der Waals surface area (Å²) >= 11 is 5.71. The van der Waals surface area contributed by atoms with E-state index in [-0.39, 0.29) is 11.8 Å². The summed E-state index contributed by atoms with van der Waals surface area (Å²) in [5, 5.41) is 3.97. The van der Waals surface area contributed by atoms with E-state index in [1.54, 1.807) is 0 Å². The normalized spacial score (nSPS) is 17.6. The predicted octanol–water partition coefficient (Wildman–Crippen LogP) is 3.83. The molecule has 0 radical (unpaired) electrons. The van der Waals surface area contributed by atoms with E-state index < -0.39 is 0 Å². The van der Waals surface area contributed by atoms with Crippen LogP contribution in [-0.2, 0) is 4.79 Å². The van der Waals surface area contributed by atoms with Gasteiger partial charge < -0.3 is 24.6 Å². The summed E-state index contributed by atoms with van der Waals surface area (Å²) in [7, 11) is 0. The molecule has 1 N–H and O–H groups in total. The number of anilines is 1. The Morgan fingerprint density at radius 3 is 2.38 bits per heavy atom. The minimum Gasteiger partial charge on any atom is -0.486 e. The van der Waals surface area contributed by atoms with E-state index in [9.17, 15) is 4.79 Å². The number of carbonyl (C=O) groups excluding carboxylic acids is 1. The first-order valence-electron chi connectivity index (χ1n) is 11.9. The van der Waals surface area contributed by atoms with Crippen LogP contribution in [0.2, 0.25) is 0 Å². The Kier molecular flexibility index (Phi) is 6.36. The molecule has 3 aromatic rings. The quantitative estimate of drug-likeness (QED) is 0.447. The Bertz CT molecular complexity index is 1250. The van der Waals surface area contributed by atoms with Gasteiger partial charge in [-0.05, 0) is 57.1 Å². The molecule has 0 saturated carbocycles. The topological polar surface area (TPSA) is 79.8 Å². The summed E-state index contributed by atoms with van der Waals surface area (Å²) in [5.74, 6) is 1.61. The molecule has 0 aliphatic carbocycles. The maximum Gasteiger partial charge on any atom is 0.227 e. The maximum atomic E-state index is 12.8. The fourth-order valence-corrected chi connectivity index (χ4v) is 4.93. The van der Waals surface area contributed by atoms with Gasteiger partial charge in [-0.2, -0.15) is 0 Å². The van der Waals surface area contributed by atoms with Gasteiger partial charge in [-0.25, -0.2) is 9.97 Å². The average Bonchev–Trinajstić information content (AvgIpc) is 2.87. The van der Waals surface area contributed by atoms with Gasteiger partial charge in [0, 0.05) is 44.0 Å². The molecule has 1 amide bonds. The van der Waals surface area contributed by atoms with Crippen LogP contribution in [0.1, 0.15) is 26.7 Å². The molecule has 1 aromatic heterocycles. The Balaban J connectivity index is 1.33. The number of thiocarbonyl (C=S) groups is 1. The average molecular weight is 480 g/mol. The molecular formula is C25H29N5O3S. The fraction of sp³-hybridized carbons (Fsp3) is 0.440. The summed E-state index contributed by atoms with van der Waals surface area (Å²) in [6.45, 7) is 8.09. The molecule has 3 heterocycles. The summed E-state index contributed by atoms with van der Waals surface area (Å²) in [5.41, 5.74) is 3.94. The standard InChI is InChI=1S/C25H29N5O3S/c1-3-29(4-2)24(31)16-6-5-9-30(15-16)25(34)26-17-7-8-18-19(12-17)28-21-14-23-22(13-20(21)27-18)32-10-11-33-23/h7-8,12-14,16H,3-6,9-11,15H2,1-2H3,(H,26,34)/t16-/m0/s1. The number of nitrogens with one attached hydrogen (secondary N) is 1. The van der Waals surface area contributed by atoms with Crippen LogP contribution in [0, 0.1) is 5.92 Å². The van der Waals surface area contributed by atoms with Gasteiger partial charge in [-0.15, -0.1) is 0 Å². The van der Waals surface area contributed by atoms with Crippen LogP contribution in [-0.4, -0.2) is 70.2 Å². The minimum absolute atomic E-state index is 0.0145. The van der Waals surface area contributed by atoms with Crippen molar-refractivity contribution in [2.24, 2.45) is 5.92 Å². The van der Waals surface area contributed by atoms with E-state index >= 15 is 0 Å². The molecule has 1 fully saturated rings. The van der Waals surface area contributed by atoms with Crippen molar-refractivity contribution in [2.75, 3.05) is 44.7 Å². The predicted molar refractivity (Wildman–Crippen MR) is 136 cm³/mol. The van der Waals surface area contributed by atoms with E-state index in [1.165, 1.54) is 0 Å². The van der Waals surface area contributed by atoms with Crippen molar-refractivity contribution in [3.8, 4) is 11.5 Å². The lowest BCUT2D eigenvalue weighted by atomic mass is 9.96. The highest BCUT2D eigenvalue weighted by atomic mass is 32.1. The summed E-state index contributed by atoms with van der Waals surface area (Å²) in [4.78, 5) is 26.4. The molecule has 0 spiro atoms. The van der Waals surface area contributed by atoms with Crippen LogP contribution in [0.25, 0.3) is 22.1 Å². The molecule has 178 valence electrons. The fourth-order valence-electron chi connectivity index (χ4n) is 4.65. The lowest BCUT2D eigenvalue weighted by Gasteiger charge is -2.36. The second kappa shape index (κ2) is 9.58. The van der Waals surface area contributed by atoms with Gasteiger partial charge >= 0.3 is 0 Å². The first-order valence-corrected chi connectivity index (χ1v) is 12.3. The highest BCUT2D eigenvalue weighted by Crippen LogP contribution is 2.34. The van der Waals surface area contributed by atoms with Crippen molar-refractivity contribution in [2.45, 2.75) is 26.7 Å². The number of fused-ring (bicyclic) bond motifs is 3. The van der Waals surface area contributed by atoms with E-state index in [0.717, 1.165) is 60.2 Å². The van der Waals surface area contributed by atoms with Gasteiger partial charge in [0.15, 0.2) is 16.6 Å². The SMILES string of the molecule is CCN(CC)C(=O)[C@H]1CCCN(C(=S)Nc2ccc3nc4cc5c(cc4nc3c2)OCCO5)C1. The third-order valence-corrected chi connectivity index (χ3v) is 6.84. The minimum atomic E-state index is -0.0145. The molecular weight excluding hydrogens is 450 g/mol. The Morgan fingerprint density at radius 1 is 1.06 bits per heavy atom. The Morgan fingerprint density at radius 2 is 1.71 bits per heavy atom. The maximum absolute atomic E-state index is 12.8. The Labute approximate surface area is 204 Å². The zero-order chi connectivity index (χ0) is 23.7. The van der Waals surface area contributed by atoms with Gasteiger partial charge in [0.1, 0.15) is 13.2 Å². The van der Waals surface area contributed by atoms with Gasteiger partial charge in [0.2, 0.25) is 5.91 Å². The molecule has 34 heavy (non-hydrogen) atoms. The van der Waals surface area contributed by atoms with Crippen LogP contribution < -0.4 is 14.8 Å². The second-order valence-electron chi connectivity index (χ2n) is 8.64. The number of carbonyl (C=O) groups is 1. The van der Waals surface area contributed by atoms with E-state index in [2.05, 4.69) is 10.2 Å². The monoisotopic (exact) mass is 479 g/mol. The number of hydrogen-bond donors (Lipinski definition) is 1. The highest BCUT2D eigenvalue weighted by molar-refractivity contribution is 7.80. The number of rotatable bonds is 4. The van der Waals surface area contributed by atoms with Crippen molar-refractivity contribution in [1.82, 2.24) is 19.8 Å². The molecule has 2 aromatic carbocycles. The van der Waals surface area contributed by atoms with Crippen molar-refractivity contribution in [3.05, 3.63) is 30.3 Å². The third kappa shape index (κ3) is 4.44. The first-order chi connectivity index (χ1) is 16.6. The molecule has 2 aliphatic heterocycles. The lowest BCUT2D eigenvalue weighted by molar-refractivity contribution is -0.136. The molecule has 9 heteroatoms. The van der Waals surface area contributed by atoms with Gasteiger partial charge in [0.05, 0.1) is 28.0 Å². The first kappa shape index (κ1) is 22.6. The van der Waals surface area contributed by atoms with E-state index in [0.29, 0.717) is 36.4 Å². The molecule has 1 saturated heterocycles. The highest BCUT2D eigenvalue weighted by Gasteiger charge is 2.29. The Hall–Kier alpha value is -3.20. The number of hydrogen-bond acceptors (Lipinski definition) is 6. The van der Waals surface area contributed by atoms with Crippen LogP contribution in [0.5, 0.6) is 11.5 Å². The van der Waals surface area contributed by atoms with Crippen molar-refractivity contribution >= 4 is 51.0 Å². The smallest absolute Gasteiger partial charge is 0.227 e.